The number of rotatable bonds is 9. The lowest BCUT2D eigenvalue weighted by atomic mass is 9.72. The number of aromatic hydroxyl groups is 2. The number of carbonyl (C=O) groups is 5. The molecule has 5 aromatic rings. The SMILES string of the molecule is CCc1c2c(nc3ccc(OC(=O)N4CCC(N5CCCCC5)CC4)cc13)-c1cc3c(c(=O)n1C2)COC(=O)[C@]3(O)CC.COc1cccc2c1C(=O)c1c(O)c3c(c(O)c1C2=O)C[C@@](O)(C(=O)CO)C[C@@H]3O[C@H]1C[C@H](N)[C@H](O)[C@H](C)O1. The maximum absolute atomic E-state index is 13.6. The molecular weight excluding hydrogens is 1060 g/mol. The standard InChI is InChI=1S/C33H38N4O6.C27H29NO11/c1-3-22-23-16-21(43-32(40)36-14-10-20(11-15-36)35-12-6-5-7-13-35)8-9-27(23)34-29-24(22)18-37-28(29)17-26-25(30(37)38)19-42-31(39)33(26,41)4-2;1-10-22(31)13(28)6-17(38-10)39-15-8-27(36,16(30)9-29)7-12-19(15)26(35)21-20(24(12)33)23(32)11-4-3-5-14(37-2)18(11)25(21)34/h8-9,16-17,20,41H,3-7,10-15,18-19H2,1-2H3;3-5,10,13,15,17,22,29,31,33,35-36H,6-9,28H2,1-2H3/t33-;10-,13-,15-,17-,22+,27-/m00/s1. The van der Waals surface area contributed by atoms with Crippen LogP contribution in [0.5, 0.6) is 23.0 Å². The average Bonchev–Trinajstić information content (AvgIpc) is 4.02. The Morgan fingerprint density at radius 2 is 1.63 bits per heavy atom. The van der Waals surface area contributed by atoms with Crippen molar-refractivity contribution < 1.29 is 78.3 Å². The quantitative estimate of drug-likeness (QED) is 0.0790. The van der Waals surface area contributed by atoms with Gasteiger partial charge in [0.25, 0.3) is 5.56 Å². The summed E-state index contributed by atoms with van der Waals surface area (Å²) in [4.78, 5) is 88.3. The first-order valence-corrected chi connectivity index (χ1v) is 28.1. The molecule has 2 aliphatic carbocycles. The van der Waals surface area contributed by atoms with Crippen LogP contribution in [0, 0.1) is 0 Å². The lowest BCUT2D eigenvalue weighted by molar-refractivity contribution is -0.247. The largest absolute Gasteiger partial charge is 0.507 e. The minimum Gasteiger partial charge on any atom is -0.507 e. The van der Waals surface area contributed by atoms with Gasteiger partial charge in [0, 0.05) is 77.6 Å². The van der Waals surface area contributed by atoms with Gasteiger partial charge in [-0.25, -0.2) is 14.6 Å². The number of ether oxygens (including phenoxy) is 5. The van der Waals surface area contributed by atoms with E-state index in [0.29, 0.717) is 60.4 Å². The summed E-state index contributed by atoms with van der Waals surface area (Å²) in [6.07, 6.45) is 1.14. The number of likely N-dealkylation sites (tertiary alicyclic amines) is 2. The second kappa shape index (κ2) is 21.9. The number of benzene rings is 3. The fraction of sp³-hybridized carbons (Fsp3) is 0.483. The van der Waals surface area contributed by atoms with Crippen molar-refractivity contribution in [3.8, 4) is 34.4 Å². The first kappa shape index (κ1) is 56.7. The summed E-state index contributed by atoms with van der Waals surface area (Å²) in [6, 6.07) is 11.4. The maximum Gasteiger partial charge on any atom is 0.415 e. The third kappa shape index (κ3) is 9.42. The number of pyridine rings is 2. The van der Waals surface area contributed by atoms with Crippen LogP contribution in [0.2, 0.25) is 0 Å². The second-order valence-electron chi connectivity index (χ2n) is 22.4. The van der Waals surface area contributed by atoms with Crippen LogP contribution < -0.4 is 20.8 Å². The summed E-state index contributed by atoms with van der Waals surface area (Å²) in [5, 5.41) is 65.7. The Morgan fingerprint density at radius 3 is 2.32 bits per heavy atom. The highest BCUT2D eigenvalue weighted by Crippen LogP contribution is 2.53. The monoisotopic (exact) mass is 1130 g/mol. The van der Waals surface area contributed by atoms with Gasteiger partial charge in [-0.2, -0.15) is 0 Å². The van der Waals surface area contributed by atoms with Gasteiger partial charge in [-0.3, -0.25) is 19.2 Å². The molecule has 82 heavy (non-hydrogen) atoms. The number of Topliss-reactive ketones (excluding diaryl/α,β-unsaturated/α-hetero) is 1. The molecule has 3 saturated heterocycles. The maximum atomic E-state index is 13.6. The molecule has 0 bridgehead atoms. The number of aromatic nitrogens is 2. The van der Waals surface area contributed by atoms with E-state index in [4.69, 9.17) is 34.4 Å². The Balaban J connectivity index is 0.000000173. The van der Waals surface area contributed by atoms with Crippen molar-refractivity contribution in [3.63, 3.8) is 0 Å². The van der Waals surface area contributed by atoms with Gasteiger partial charge in [0.2, 0.25) is 5.78 Å². The van der Waals surface area contributed by atoms with Crippen LogP contribution in [0.15, 0.2) is 47.3 Å². The smallest absolute Gasteiger partial charge is 0.415 e. The van der Waals surface area contributed by atoms with Crippen LogP contribution in [-0.2, 0) is 55.4 Å². The van der Waals surface area contributed by atoms with Crippen molar-refractivity contribution in [2.45, 2.75) is 146 Å². The Kier molecular flexibility index (Phi) is 15.1. The number of hydrogen-bond donors (Lipinski definition) is 7. The Hall–Kier alpha value is -7.15. The molecule has 22 heteroatoms. The number of ketones is 3. The Labute approximate surface area is 470 Å². The van der Waals surface area contributed by atoms with Crippen molar-refractivity contribution in [2.75, 3.05) is 39.9 Å². The summed E-state index contributed by atoms with van der Waals surface area (Å²) >= 11 is 0. The third-order valence-corrected chi connectivity index (χ3v) is 17.8. The van der Waals surface area contributed by atoms with E-state index >= 15 is 0 Å². The molecule has 8 N–H and O–H groups in total. The van der Waals surface area contributed by atoms with Gasteiger partial charge >= 0.3 is 12.1 Å². The number of cyclic esters (lactones) is 1. The van der Waals surface area contributed by atoms with Gasteiger partial charge in [0.15, 0.2) is 23.5 Å². The molecule has 7 aliphatic rings. The van der Waals surface area contributed by atoms with Crippen molar-refractivity contribution >= 4 is 40.3 Å². The average molecular weight is 1130 g/mol. The number of fused-ring (bicyclic) bond motifs is 8. The number of nitrogens with two attached hydrogens (primary N) is 1. The van der Waals surface area contributed by atoms with Crippen LogP contribution in [-0.4, -0.2) is 155 Å². The van der Waals surface area contributed by atoms with E-state index in [9.17, 15) is 59.4 Å². The van der Waals surface area contributed by atoms with Crippen LogP contribution >= 0.6 is 0 Å². The van der Waals surface area contributed by atoms with E-state index in [2.05, 4.69) is 11.8 Å². The highest BCUT2D eigenvalue weighted by Gasteiger charge is 2.51. The van der Waals surface area contributed by atoms with Crippen molar-refractivity contribution in [1.82, 2.24) is 19.4 Å². The molecule has 0 radical (unpaired) electrons. The van der Waals surface area contributed by atoms with E-state index in [1.54, 1.807) is 30.5 Å². The zero-order valence-corrected chi connectivity index (χ0v) is 46.1. The molecular formula is C60H67N5O17. The fourth-order valence-electron chi connectivity index (χ4n) is 13.2. The second-order valence-corrected chi connectivity index (χ2v) is 22.4. The number of aryl methyl sites for hydroxylation is 1. The zero-order valence-electron chi connectivity index (χ0n) is 46.1. The summed E-state index contributed by atoms with van der Waals surface area (Å²) in [6.45, 7) is 8.21. The summed E-state index contributed by atoms with van der Waals surface area (Å²) in [5.74, 6) is -4.04. The first-order valence-electron chi connectivity index (χ1n) is 28.1. The van der Waals surface area contributed by atoms with Gasteiger partial charge in [-0.05, 0) is 94.4 Å². The zero-order chi connectivity index (χ0) is 58.3. The number of amides is 1. The number of aliphatic hydroxyl groups excluding tert-OH is 2. The van der Waals surface area contributed by atoms with Gasteiger partial charge in [-0.15, -0.1) is 0 Å². The number of hydrogen-bond acceptors (Lipinski definition) is 20. The molecule has 3 aromatic carbocycles. The molecule has 434 valence electrons. The number of nitrogens with zero attached hydrogens (tertiary/aromatic N) is 4. The topological polar surface area (TPSA) is 320 Å². The molecule has 0 spiro atoms. The minimum atomic E-state index is -2.24. The Bertz CT molecular complexity index is 3520. The van der Waals surface area contributed by atoms with Gasteiger partial charge in [-0.1, -0.05) is 32.4 Å². The van der Waals surface area contributed by atoms with Gasteiger partial charge in [0.05, 0.1) is 71.1 Å². The molecule has 7 atom stereocenters. The van der Waals surface area contributed by atoms with Crippen molar-refractivity contribution in [2.24, 2.45) is 5.73 Å². The highest BCUT2D eigenvalue weighted by molar-refractivity contribution is 6.31. The molecule has 3 fully saturated rings. The van der Waals surface area contributed by atoms with E-state index in [1.165, 1.54) is 57.7 Å². The van der Waals surface area contributed by atoms with E-state index in [-0.39, 0.29) is 59.1 Å². The van der Waals surface area contributed by atoms with Crippen molar-refractivity contribution in [1.29, 1.82) is 0 Å². The first-order chi connectivity index (χ1) is 39.2. The van der Waals surface area contributed by atoms with E-state index < -0.39 is 107 Å². The van der Waals surface area contributed by atoms with E-state index in [1.807, 2.05) is 17.0 Å². The predicted molar refractivity (Wildman–Crippen MR) is 292 cm³/mol. The lowest BCUT2D eigenvalue weighted by Gasteiger charge is -2.42. The molecule has 22 nitrogen and oxygen atoms in total. The molecule has 12 rings (SSSR count). The number of methoxy groups -OCH3 is 1. The molecule has 2 aromatic heterocycles. The summed E-state index contributed by atoms with van der Waals surface area (Å²) in [7, 11) is 1.32. The number of piperidine rings is 2. The van der Waals surface area contributed by atoms with Crippen LogP contribution in [0.25, 0.3) is 22.3 Å². The third-order valence-electron chi connectivity index (χ3n) is 17.8. The number of phenolic OH excluding ortho intramolecular Hbond substituents is 2. The van der Waals surface area contributed by atoms with Gasteiger partial charge in [0.1, 0.15) is 41.8 Å². The molecule has 1 amide bonds. The number of carbonyl (C=O) groups excluding carboxylic acids is 5. The fourth-order valence-corrected chi connectivity index (χ4v) is 13.2. The summed E-state index contributed by atoms with van der Waals surface area (Å²) in [5.41, 5.74) is 4.76. The number of esters is 1. The molecule has 0 saturated carbocycles. The molecule has 7 heterocycles. The Morgan fingerprint density at radius 1 is 0.902 bits per heavy atom. The van der Waals surface area contributed by atoms with Gasteiger partial charge < -0.3 is 74.4 Å². The predicted octanol–water partition coefficient (Wildman–Crippen LogP) is 4.09. The summed E-state index contributed by atoms with van der Waals surface area (Å²) < 4.78 is 29.7. The highest BCUT2D eigenvalue weighted by atomic mass is 16.7. The normalized spacial score (nSPS) is 25.8. The number of aliphatic hydroxyl groups is 4. The number of phenols is 2. The molecule has 0 unspecified atom stereocenters. The lowest BCUT2D eigenvalue weighted by Crippen LogP contribution is -2.53. The minimum absolute atomic E-state index is 0.0173. The van der Waals surface area contributed by atoms with Crippen LogP contribution in [0.1, 0.15) is 143 Å². The van der Waals surface area contributed by atoms with Crippen molar-refractivity contribution in [3.05, 3.63) is 108 Å². The van der Waals surface area contributed by atoms with Crippen LogP contribution in [0.4, 0.5) is 4.79 Å². The van der Waals surface area contributed by atoms with Crippen LogP contribution in [0.3, 0.4) is 0 Å². The molecule has 5 aliphatic heterocycles. The van der Waals surface area contributed by atoms with E-state index in [0.717, 1.165) is 34.9 Å².